The summed E-state index contributed by atoms with van der Waals surface area (Å²) in [5.41, 5.74) is 1.49. The molecule has 0 fully saturated rings. The third kappa shape index (κ3) is 1.99. The molecule has 4 heteroatoms. The van der Waals surface area contributed by atoms with Crippen molar-refractivity contribution in [3.05, 3.63) is 47.3 Å². The van der Waals surface area contributed by atoms with Crippen molar-refractivity contribution in [1.82, 2.24) is 9.78 Å². The molecule has 1 aromatic heterocycles. The van der Waals surface area contributed by atoms with Crippen LogP contribution in [0.4, 0.5) is 0 Å². The first-order valence-electron chi connectivity index (χ1n) is 5.83. The van der Waals surface area contributed by atoms with Gasteiger partial charge in [-0.2, -0.15) is 5.10 Å². The number of hydrogen-bond acceptors (Lipinski definition) is 3. The van der Waals surface area contributed by atoms with Crippen molar-refractivity contribution in [2.75, 3.05) is 7.11 Å². The van der Waals surface area contributed by atoms with Gasteiger partial charge in [-0.1, -0.05) is 29.8 Å². The van der Waals surface area contributed by atoms with Gasteiger partial charge in [0.25, 0.3) is 0 Å². The smallest absolute Gasteiger partial charge is 0.163 e. The van der Waals surface area contributed by atoms with Gasteiger partial charge < -0.3 is 9.84 Å². The Morgan fingerprint density at radius 1 is 1.28 bits per heavy atom. The fourth-order valence-electron chi connectivity index (χ4n) is 2.14. The van der Waals surface area contributed by atoms with Crippen molar-refractivity contribution in [2.24, 2.45) is 7.05 Å². The van der Waals surface area contributed by atoms with Gasteiger partial charge in [-0.25, -0.2) is 0 Å². The van der Waals surface area contributed by atoms with Crippen LogP contribution in [0.15, 0.2) is 30.5 Å². The second-order valence-corrected chi connectivity index (χ2v) is 4.62. The van der Waals surface area contributed by atoms with E-state index < -0.39 is 5.60 Å². The van der Waals surface area contributed by atoms with Crippen LogP contribution in [0, 0.1) is 6.92 Å². The molecule has 4 nitrogen and oxygen atoms in total. The topological polar surface area (TPSA) is 47.3 Å². The summed E-state index contributed by atoms with van der Waals surface area (Å²) in [6.07, 6.45) is 1.61. The lowest BCUT2D eigenvalue weighted by molar-refractivity contribution is 0.0897. The van der Waals surface area contributed by atoms with E-state index in [1.807, 2.05) is 31.2 Å². The van der Waals surface area contributed by atoms with Crippen LogP contribution in [-0.2, 0) is 12.6 Å². The highest BCUT2D eigenvalue weighted by Gasteiger charge is 2.32. The molecule has 18 heavy (non-hydrogen) atoms. The number of aliphatic hydroxyl groups is 1. The van der Waals surface area contributed by atoms with Crippen molar-refractivity contribution in [3.63, 3.8) is 0 Å². The fraction of sp³-hybridized carbons (Fsp3) is 0.357. The Balaban J connectivity index is 2.53. The second kappa shape index (κ2) is 4.46. The number of benzene rings is 1. The van der Waals surface area contributed by atoms with Gasteiger partial charge in [0.1, 0.15) is 11.3 Å². The van der Waals surface area contributed by atoms with Gasteiger partial charge in [-0.15, -0.1) is 0 Å². The number of hydrogen-bond donors (Lipinski definition) is 1. The molecule has 0 aliphatic rings. The van der Waals surface area contributed by atoms with Crippen molar-refractivity contribution < 1.29 is 9.84 Å². The predicted molar refractivity (Wildman–Crippen MR) is 69.6 cm³/mol. The summed E-state index contributed by atoms with van der Waals surface area (Å²) in [6.45, 7) is 3.76. The molecule has 2 rings (SSSR count). The number of methoxy groups -OCH3 is 1. The molecule has 0 saturated carbocycles. The lowest BCUT2D eigenvalue weighted by Gasteiger charge is -2.25. The Bertz CT molecular complexity index is 541. The summed E-state index contributed by atoms with van der Waals surface area (Å²) in [6, 6.07) is 7.79. The van der Waals surface area contributed by atoms with Gasteiger partial charge in [0.05, 0.1) is 13.3 Å². The standard InChI is InChI=1S/C14H18N2O2/c1-10-5-7-11(8-6-10)14(2,17)13-12(18-4)9-15-16(13)3/h5-9,17H,1-4H3. The molecular formula is C14H18N2O2. The minimum absolute atomic E-state index is 0.586. The first-order chi connectivity index (χ1) is 8.46. The molecule has 0 bridgehead atoms. The highest BCUT2D eigenvalue weighted by Crippen LogP contribution is 2.34. The first-order valence-corrected chi connectivity index (χ1v) is 5.83. The number of rotatable bonds is 3. The molecule has 1 N–H and O–H groups in total. The molecule has 2 aromatic rings. The van der Waals surface area contributed by atoms with Crippen LogP contribution in [0.1, 0.15) is 23.7 Å². The van der Waals surface area contributed by atoms with E-state index in [2.05, 4.69) is 5.10 Å². The van der Waals surface area contributed by atoms with Crippen LogP contribution < -0.4 is 4.74 Å². The van der Waals surface area contributed by atoms with Gasteiger partial charge >= 0.3 is 0 Å². The molecule has 1 heterocycles. The second-order valence-electron chi connectivity index (χ2n) is 4.62. The maximum absolute atomic E-state index is 10.8. The minimum atomic E-state index is -1.13. The van der Waals surface area contributed by atoms with E-state index in [1.165, 1.54) is 0 Å². The van der Waals surface area contributed by atoms with E-state index in [0.29, 0.717) is 11.4 Å². The van der Waals surface area contributed by atoms with E-state index >= 15 is 0 Å². The molecule has 0 radical (unpaired) electrons. The summed E-state index contributed by atoms with van der Waals surface area (Å²) >= 11 is 0. The number of aromatic nitrogens is 2. The highest BCUT2D eigenvalue weighted by molar-refractivity contribution is 5.39. The van der Waals surface area contributed by atoms with E-state index in [9.17, 15) is 5.11 Å². The molecule has 1 aromatic carbocycles. The van der Waals surface area contributed by atoms with Gasteiger partial charge in [0, 0.05) is 7.05 Å². The van der Waals surface area contributed by atoms with Crippen LogP contribution in [0.3, 0.4) is 0 Å². The van der Waals surface area contributed by atoms with E-state index in [-0.39, 0.29) is 0 Å². The maximum atomic E-state index is 10.8. The predicted octanol–water partition coefficient (Wildman–Crippen LogP) is 1.99. The zero-order chi connectivity index (χ0) is 13.3. The zero-order valence-electron chi connectivity index (χ0n) is 11.1. The van der Waals surface area contributed by atoms with Gasteiger partial charge in [0.15, 0.2) is 5.75 Å². The quantitative estimate of drug-likeness (QED) is 0.901. The maximum Gasteiger partial charge on any atom is 0.163 e. The fourth-order valence-corrected chi connectivity index (χ4v) is 2.14. The Morgan fingerprint density at radius 3 is 2.44 bits per heavy atom. The Kier molecular flexibility index (Phi) is 3.13. The van der Waals surface area contributed by atoms with Gasteiger partial charge in [0.2, 0.25) is 0 Å². The summed E-state index contributed by atoms with van der Waals surface area (Å²) < 4.78 is 6.89. The number of ether oxygens (including phenoxy) is 1. The Hall–Kier alpha value is -1.81. The van der Waals surface area contributed by atoms with Crippen molar-refractivity contribution in [2.45, 2.75) is 19.4 Å². The molecule has 0 saturated heterocycles. The molecule has 1 atom stereocenters. The summed E-state index contributed by atoms with van der Waals surface area (Å²) in [5, 5.41) is 14.9. The summed E-state index contributed by atoms with van der Waals surface area (Å²) in [7, 11) is 3.37. The zero-order valence-corrected chi connectivity index (χ0v) is 11.1. The van der Waals surface area contributed by atoms with Crippen LogP contribution in [0.2, 0.25) is 0 Å². The average Bonchev–Trinajstić information content (AvgIpc) is 2.71. The highest BCUT2D eigenvalue weighted by atomic mass is 16.5. The van der Waals surface area contributed by atoms with Crippen molar-refractivity contribution in [3.8, 4) is 5.75 Å². The monoisotopic (exact) mass is 246 g/mol. The normalized spacial score (nSPS) is 14.3. The molecular weight excluding hydrogens is 228 g/mol. The van der Waals surface area contributed by atoms with E-state index in [1.54, 1.807) is 32.0 Å². The van der Waals surface area contributed by atoms with Crippen LogP contribution in [0.5, 0.6) is 5.75 Å². The summed E-state index contributed by atoms with van der Waals surface area (Å²) in [5.74, 6) is 0.586. The minimum Gasteiger partial charge on any atom is -0.493 e. The SMILES string of the molecule is COc1cnn(C)c1C(C)(O)c1ccc(C)cc1. The molecule has 96 valence electrons. The lowest BCUT2D eigenvalue weighted by Crippen LogP contribution is -2.26. The van der Waals surface area contributed by atoms with E-state index in [0.717, 1.165) is 11.1 Å². The van der Waals surface area contributed by atoms with Crippen LogP contribution in [0.25, 0.3) is 0 Å². The molecule has 0 amide bonds. The molecule has 0 aliphatic carbocycles. The van der Waals surface area contributed by atoms with E-state index in [4.69, 9.17) is 4.74 Å². The average molecular weight is 246 g/mol. The van der Waals surface area contributed by atoms with Crippen molar-refractivity contribution >= 4 is 0 Å². The lowest BCUT2D eigenvalue weighted by atomic mass is 9.91. The van der Waals surface area contributed by atoms with Crippen LogP contribution in [-0.4, -0.2) is 22.0 Å². The van der Waals surface area contributed by atoms with Gasteiger partial charge in [-0.05, 0) is 19.4 Å². The first kappa shape index (κ1) is 12.6. The van der Waals surface area contributed by atoms with Crippen LogP contribution >= 0.6 is 0 Å². The van der Waals surface area contributed by atoms with Gasteiger partial charge in [-0.3, -0.25) is 4.68 Å². The molecule has 0 aliphatic heterocycles. The Labute approximate surface area is 107 Å². The largest absolute Gasteiger partial charge is 0.493 e. The molecule has 0 spiro atoms. The third-order valence-corrected chi connectivity index (χ3v) is 3.20. The third-order valence-electron chi connectivity index (χ3n) is 3.20. The Morgan fingerprint density at radius 2 is 1.89 bits per heavy atom. The molecule has 1 unspecified atom stereocenters. The van der Waals surface area contributed by atoms with Crippen molar-refractivity contribution in [1.29, 1.82) is 0 Å². The number of nitrogens with zero attached hydrogens (tertiary/aromatic N) is 2. The summed E-state index contributed by atoms with van der Waals surface area (Å²) in [4.78, 5) is 0. The number of aryl methyl sites for hydroxylation is 2.